The number of amides is 1. The molecule has 0 aliphatic carbocycles. The van der Waals surface area contributed by atoms with E-state index in [0.717, 1.165) is 39.5 Å². The number of aromatic nitrogens is 2. The second-order valence-corrected chi connectivity index (χ2v) is 7.21. The summed E-state index contributed by atoms with van der Waals surface area (Å²) in [5, 5.41) is 7.31. The number of hydrogen-bond acceptors (Lipinski definition) is 4. The fourth-order valence-corrected chi connectivity index (χ4v) is 3.19. The lowest BCUT2D eigenvalue weighted by molar-refractivity contribution is 0.102. The number of nitrogens with one attached hydrogen (secondary N) is 1. The maximum Gasteiger partial charge on any atom is 0.255 e. The van der Waals surface area contributed by atoms with E-state index < -0.39 is 0 Å². The van der Waals surface area contributed by atoms with Gasteiger partial charge < -0.3 is 14.8 Å². The van der Waals surface area contributed by atoms with Gasteiger partial charge >= 0.3 is 0 Å². The number of rotatable bonds is 6. The number of hydrogen-bond donors (Lipinski definition) is 1. The zero-order valence-corrected chi connectivity index (χ0v) is 17.8. The molecule has 1 N–H and O–H groups in total. The largest absolute Gasteiger partial charge is 0.496 e. The third-order valence-electron chi connectivity index (χ3n) is 5.02. The molecule has 1 aromatic heterocycles. The van der Waals surface area contributed by atoms with Crippen molar-refractivity contribution in [3.8, 4) is 11.5 Å². The van der Waals surface area contributed by atoms with Gasteiger partial charge in [0.2, 0.25) is 0 Å². The highest BCUT2D eigenvalue weighted by molar-refractivity contribution is 6.05. The van der Waals surface area contributed by atoms with E-state index in [0.29, 0.717) is 17.9 Å². The van der Waals surface area contributed by atoms with E-state index in [1.54, 1.807) is 30.0 Å². The van der Waals surface area contributed by atoms with Crippen LogP contribution in [0.5, 0.6) is 11.5 Å². The number of carbonyl (C=O) groups excluding carboxylic acids is 1. The molecule has 6 heteroatoms. The minimum atomic E-state index is -0.195. The van der Waals surface area contributed by atoms with Crippen molar-refractivity contribution in [2.24, 2.45) is 7.05 Å². The van der Waals surface area contributed by atoms with E-state index in [-0.39, 0.29) is 5.91 Å². The van der Waals surface area contributed by atoms with Gasteiger partial charge in [0, 0.05) is 18.2 Å². The molecule has 29 heavy (non-hydrogen) atoms. The highest BCUT2D eigenvalue weighted by atomic mass is 16.5. The summed E-state index contributed by atoms with van der Waals surface area (Å²) in [4.78, 5) is 12.8. The number of nitrogens with zero attached hydrogens (tertiary/aromatic N) is 2. The number of methoxy groups -OCH3 is 1. The monoisotopic (exact) mass is 393 g/mol. The van der Waals surface area contributed by atoms with Crippen molar-refractivity contribution in [2.75, 3.05) is 12.4 Å². The number of aryl methyl sites for hydroxylation is 4. The van der Waals surface area contributed by atoms with Gasteiger partial charge in [-0.25, -0.2) is 0 Å². The second-order valence-electron chi connectivity index (χ2n) is 7.21. The lowest BCUT2D eigenvalue weighted by Crippen LogP contribution is -2.14. The highest BCUT2D eigenvalue weighted by Gasteiger charge is 2.16. The summed E-state index contributed by atoms with van der Waals surface area (Å²) in [5.41, 5.74) is 5.96. The molecule has 0 aliphatic heterocycles. The van der Waals surface area contributed by atoms with Gasteiger partial charge in [-0.2, -0.15) is 5.10 Å². The van der Waals surface area contributed by atoms with Crippen molar-refractivity contribution in [3.05, 3.63) is 70.0 Å². The molecule has 0 radical (unpaired) electrons. The highest BCUT2D eigenvalue weighted by Crippen LogP contribution is 2.26. The summed E-state index contributed by atoms with van der Waals surface area (Å²) in [6.45, 7) is 8.14. The Bertz CT molecular complexity index is 1050. The van der Waals surface area contributed by atoms with Crippen LogP contribution in [-0.4, -0.2) is 22.8 Å². The molecule has 0 saturated carbocycles. The third-order valence-corrected chi connectivity index (χ3v) is 5.02. The van der Waals surface area contributed by atoms with Crippen LogP contribution in [0.3, 0.4) is 0 Å². The molecular formula is C23H27N3O3. The van der Waals surface area contributed by atoms with Crippen LogP contribution in [0.4, 0.5) is 5.69 Å². The molecule has 3 rings (SSSR count). The summed E-state index contributed by atoms with van der Waals surface area (Å²) < 4.78 is 13.2. The topological polar surface area (TPSA) is 65.4 Å². The Morgan fingerprint density at radius 2 is 1.83 bits per heavy atom. The van der Waals surface area contributed by atoms with Gasteiger partial charge in [-0.05, 0) is 63.1 Å². The molecule has 0 aliphatic rings. The van der Waals surface area contributed by atoms with Crippen LogP contribution in [0.25, 0.3) is 0 Å². The van der Waals surface area contributed by atoms with Crippen molar-refractivity contribution in [3.63, 3.8) is 0 Å². The maximum atomic E-state index is 12.8. The summed E-state index contributed by atoms with van der Waals surface area (Å²) >= 11 is 0. The van der Waals surface area contributed by atoms with Crippen molar-refractivity contribution >= 4 is 11.6 Å². The zero-order chi connectivity index (χ0) is 21.1. The predicted octanol–water partition coefficient (Wildman–Crippen LogP) is 4.49. The van der Waals surface area contributed by atoms with Gasteiger partial charge in [0.15, 0.2) is 0 Å². The van der Waals surface area contributed by atoms with E-state index in [9.17, 15) is 4.79 Å². The van der Waals surface area contributed by atoms with Gasteiger partial charge in [-0.1, -0.05) is 12.1 Å². The van der Waals surface area contributed by atoms with Gasteiger partial charge in [0.1, 0.15) is 18.1 Å². The van der Waals surface area contributed by atoms with Crippen molar-refractivity contribution in [1.29, 1.82) is 0 Å². The minimum Gasteiger partial charge on any atom is -0.496 e. The number of carbonyl (C=O) groups is 1. The minimum absolute atomic E-state index is 0.195. The predicted molar refractivity (Wildman–Crippen MR) is 114 cm³/mol. The van der Waals surface area contributed by atoms with Gasteiger partial charge in [0.25, 0.3) is 5.91 Å². The second kappa shape index (κ2) is 8.39. The fourth-order valence-electron chi connectivity index (χ4n) is 3.19. The molecule has 0 fully saturated rings. The fraction of sp³-hybridized carbons (Fsp3) is 0.304. The Labute approximate surface area is 171 Å². The van der Waals surface area contributed by atoms with Crippen LogP contribution in [0.15, 0.2) is 36.4 Å². The SMILES string of the molecule is COc1ccc(C(=O)Nc2c(C)nn(C)c2C)cc1COc1cc(C)ccc1C. The van der Waals surface area contributed by atoms with E-state index in [2.05, 4.69) is 16.5 Å². The van der Waals surface area contributed by atoms with Crippen molar-refractivity contribution in [1.82, 2.24) is 9.78 Å². The Balaban J connectivity index is 1.82. The van der Waals surface area contributed by atoms with Crippen LogP contribution < -0.4 is 14.8 Å². The molecule has 0 saturated heterocycles. The third kappa shape index (κ3) is 4.42. The smallest absolute Gasteiger partial charge is 0.255 e. The Morgan fingerprint density at radius 1 is 1.07 bits per heavy atom. The number of anilines is 1. The lowest BCUT2D eigenvalue weighted by atomic mass is 10.1. The Morgan fingerprint density at radius 3 is 2.48 bits per heavy atom. The summed E-state index contributed by atoms with van der Waals surface area (Å²) in [7, 11) is 3.47. The quantitative estimate of drug-likeness (QED) is 0.670. The number of ether oxygens (including phenoxy) is 2. The van der Waals surface area contributed by atoms with E-state index in [1.807, 2.05) is 46.9 Å². The molecule has 2 aromatic carbocycles. The van der Waals surface area contributed by atoms with Crippen molar-refractivity contribution < 1.29 is 14.3 Å². The molecule has 1 amide bonds. The Kier molecular flexibility index (Phi) is 5.92. The lowest BCUT2D eigenvalue weighted by Gasteiger charge is -2.14. The van der Waals surface area contributed by atoms with Gasteiger partial charge in [-0.3, -0.25) is 9.48 Å². The van der Waals surface area contributed by atoms with E-state index >= 15 is 0 Å². The van der Waals surface area contributed by atoms with E-state index in [4.69, 9.17) is 9.47 Å². The first-order valence-corrected chi connectivity index (χ1v) is 9.48. The van der Waals surface area contributed by atoms with Gasteiger partial charge in [-0.15, -0.1) is 0 Å². The first-order valence-electron chi connectivity index (χ1n) is 9.48. The molecule has 1 heterocycles. The van der Waals surface area contributed by atoms with Crippen molar-refractivity contribution in [2.45, 2.75) is 34.3 Å². The summed E-state index contributed by atoms with van der Waals surface area (Å²) in [6, 6.07) is 11.4. The molecular weight excluding hydrogens is 366 g/mol. The van der Waals surface area contributed by atoms with Crippen LogP contribution in [0.1, 0.15) is 38.4 Å². The normalized spacial score (nSPS) is 10.7. The first kappa shape index (κ1) is 20.5. The molecule has 0 spiro atoms. The molecule has 0 atom stereocenters. The van der Waals surface area contributed by atoms with Crippen LogP contribution in [-0.2, 0) is 13.7 Å². The van der Waals surface area contributed by atoms with Crippen LogP contribution in [0, 0.1) is 27.7 Å². The zero-order valence-electron chi connectivity index (χ0n) is 17.8. The summed E-state index contributed by atoms with van der Waals surface area (Å²) in [6.07, 6.45) is 0. The molecule has 3 aromatic rings. The Hall–Kier alpha value is -3.28. The molecule has 0 bridgehead atoms. The summed E-state index contributed by atoms with van der Waals surface area (Å²) in [5.74, 6) is 1.31. The standard InChI is InChI=1S/C23H27N3O3/c1-14-7-8-15(2)21(11-14)29-13-19-12-18(9-10-20(19)28-6)23(27)24-22-16(3)25-26(5)17(22)4/h7-12H,13H2,1-6H3,(H,24,27). The molecule has 0 unspecified atom stereocenters. The van der Waals surface area contributed by atoms with E-state index in [1.165, 1.54) is 0 Å². The molecule has 152 valence electrons. The maximum absolute atomic E-state index is 12.8. The molecule has 6 nitrogen and oxygen atoms in total. The van der Waals surface area contributed by atoms with Crippen LogP contribution in [0.2, 0.25) is 0 Å². The van der Waals surface area contributed by atoms with Crippen LogP contribution >= 0.6 is 0 Å². The number of benzene rings is 2. The average Bonchev–Trinajstić information content (AvgIpc) is 2.94. The van der Waals surface area contributed by atoms with Gasteiger partial charge in [0.05, 0.1) is 24.2 Å². The average molecular weight is 393 g/mol. The first-order chi connectivity index (χ1) is 13.8.